The minimum absolute atomic E-state index is 0.00825. The van der Waals surface area contributed by atoms with Crippen LogP contribution in [0.15, 0.2) is 36.4 Å². The van der Waals surface area contributed by atoms with E-state index in [-0.39, 0.29) is 23.3 Å². The number of anilines is 1. The number of pyridine rings is 1. The molecule has 4 heterocycles. The molecule has 10 heteroatoms. The molecule has 0 saturated carbocycles. The summed E-state index contributed by atoms with van der Waals surface area (Å²) in [6.45, 7) is 11.4. The fourth-order valence-electron chi connectivity index (χ4n) is 6.63. The highest BCUT2D eigenvalue weighted by atomic mass is 19.1. The number of rotatable bonds is 7. The average molecular weight is 600 g/mol. The molecule has 1 amide bonds. The van der Waals surface area contributed by atoms with Crippen LogP contribution in [-0.2, 0) is 9.53 Å². The van der Waals surface area contributed by atoms with Crippen molar-refractivity contribution in [3.05, 3.63) is 58.9 Å². The summed E-state index contributed by atoms with van der Waals surface area (Å²) in [4.78, 5) is 23.9. The van der Waals surface area contributed by atoms with E-state index >= 15 is 4.39 Å². The number of likely N-dealkylation sites (tertiary alicyclic amines) is 1. The number of hydrogen-bond donors (Lipinski definition) is 0. The zero-order valence-electron chi connectivity index (χ0n) is 26.8. The van der Waals surface area contributed by atoms with Gasteiger partial charge in [-0.1, -0.05) is 29.5 Å². The number of methoxy groups -OCH3 is 1. The molecule has 0 N–H and O–H groups in total. The summed E-state index contributed by atoms with van der Waals surface area (Å²) < 4.78 is 23.8. The van der Waals surface area contributed by atoms with E-state index in [1.807, 2.05) is 41.6 Å². The number of piperidine rings is 1. The van der Waals surface area contributed by atoms with Gasteiger partial charge >= 0.3 is 0 Å². The fraction of sp³-hybridized carbons (Fsp3) is 0.471. The number of fused-ring (bicyclic) bond motifs is 3. The SMILES string of the molecule is COC/C=C/C(=O)N1CCC(n2nnc3c(N4CC(C)(N(C)C)C4)nc4c(F)c(-c5cccc(C)c5C)c(C)cc4c32)CC1. The van der Waals surface area contributed by atoms with Crippen molar-refractivity contribution in [2.24, 2.45) is 0 Å². The highest BCUT2D eigenvalue weighted by molar-refractivity contribution is 6.08. The Balaban J connectivity index is 1.46. The molecule has 2 fully saturated rings. The highest BCUT2D eigenvalue weighted by Crippen LogP contribution is 2.41. The Morgan fingerprint density at radius 2 is 1.86 bits per heavy atom. The molecule has 6 rings (SSSR count). The van der Waals surface area contributed by atoms with Crippen LogP contribution in [0.2, 0.25) is 0 Å². The van der Waals surface area contributed by atoms with Crippen LogP contribution in [0.25, 0.3) is 33.1 Å². The van der Waals surface area contributed by atoms with Crippen LogP contribution in [0, 0.1) is 26.6 Å². The number of carbonyl (C=O) groups excluding carboxylic acids is 1. The van der Waals surface area contributed by atoms with Gasteiger partial charge in [-0.15, -0.1) is 5.10 Å². The number of hydrogen-bond acceptors (Lipinski definition) is 7. The monoisotopic (exact) mass is 599 g/mol. The maximum Gasteiger partial charge on any atom is 0.246 e. The van der Waals surface area contributed by atoms with Crippen molar-refractivity contribution in [2.45, 2.75) is 52.1 Å². The molecule has 232 valence electrons. The van der Waals surface area contributed by atoms with Gasteiger partial charge in [-0.3, -0.25) is 4.79 Å². The van der Waals surface area contributed by atoms with Gasteiger partial charge in [0.25, 0.3) is 0 Å². The second-order valence-corrected chi connectivity index (χ2v) is 12.9. The predicted octanol–water partition coefficient (Wildman–Crippen LogP) is 5.22. The first-order chi connectivity index (χ1) is 21.0. The standard InChI is InChI=1S/C34H42FN7O2/c1-21-10-8-11-25(23(21)3)28-22(2)18-26-30(29(28)35)36-33(41-19-34(4,20-41)39(5)6)31-32(26)42(38-37-31)24-13-15-40(16-14-24)27(43)12-9-17-44-7/h8-12,18,24H,13-17,19-20H2,1-7H3/b12-9+. The third-order valence-corrected chi connectivity index (χ3v) is 9.78. The summed E-state index contributed by atoms with van der Waals surface area (Å²) in [6.07, 6.45) is 4.77. The van der Waals surface area contributed by atoms with E-state index in [2.05, 4.69) is 54.1 Å². The van der Waals surface area contributed by atoms with E-state index in [1.165, 1.54) is 0 Å². The Bertz CT molecular complexity index is 1770. The molecular weight excluding hydrogens is 557 g/mol. The molecule has 0 bridgehead atoms. The number of aromatic nitrogens is 4. The van der Waals surface area contributed by atoms with Gasteiger partial charge in [-0.05, 0) is 83.0 Å². The highest BCUT2D eigenvalue weighted by Gasteiger charge is 2.43. The molecule has 2 aliphatic rings. The van der Waals surface area contributed by atoms with Crippen LogP contribution in [-0.4, -0.2) is 95.2 Å². The summed E-state index contributed by atoms with van der Waals surface area (Å²) in [5, 5.41) is 10.1. The molecule has 2 aromatic heterocycles. The second kappa shape index (κ2) is 11.6. The summed E-state index contributed by atoms with van der Waals surface area (Å²) >= 11 is 0. The lowest BCUT2D eigenvalue weighted by Gasteiger charge is -2.52. The van der Waals surface area contributed by atoms with Crippen molar-refractivity contribution < 1.29 is 13.9 Å². The summed E-state index contributed by atoms with van der Waals surface area (Å²) in [5.74, 6) is 0.340. The Morgan fingerprint density at radius 1 is 1.14 bits per heavy atom. The minimum Gasteiger partial charge on any atom is -0.381 e. The number of benzene rings is 2. The summed E-state index contributed by atoms with van der Waals surface area (Å²) in [5.41, 5.74) is 6.33. The number of aryl methyl sites for hydroxylation is 2. The Hall–Kier alpha value is -3.89. The van der Waals surface area contributed by atoms with Crippen LogP contribution in [0.5, 0.6) is 0 Å². The Kier molecular flexibility index (Phi) is 7.92. The van der Waals surface area contributed by atoms with E-state index in [4.69, 9.17) is 9.72 Å². The number of halogens is 1. The normalized spacial score (nSPS) is 17.4. The number of nitrogens with zero attached hydrogens (tertiary/aromatic N) is 7. The van der Waals surface area contributed by atoms with Gasteiger partial charge < -0.3 is 19.4 Å². The summed E-state index contributed by atoms with van der Waals surface area (Å²) in [6, 6.07) is 8.10. The van der Waals surface area contributed by atoms with Crippen molar-refractivity contribution in [3.8, 4) is 11.1 Å². The van der Waals surface area contributed by atoms with Gasteiger partial charge in [0.1, 0.15) is 11.0 Å². The van der Waals surface area contributed by atoms with Gasteiger partial charge in [0.2, 0.25) is 5.91 Å². The van der Waals surface area contributed by atoms with Gasteiger partial charge in [-0.25, -0.2) is 14.1 Å². The topological polar surface area (TPSA) is 79.6 Å². The predicted molar refractivity (Wildman–Crippen MR) is 173 cm³/mol. The van der Waals surface area contributed by atoms with Crippen molar-refractivity contribution in [3.63, 3.8) is 0 Å². The lowest BCUT2D eigenvalue weighted by molar-refractivity contribution is -0.127. The van der Waals surface area contributed by atoms with Crippen LogP contribution < -0.4 is 4.90 Å². The van der Waals surface area contributed by atoms with Crippen LogP contribution in [0.1, 0.15) is 42.5 Å². The molecule has 2 aromatic carbocycles. The number of ether oxygens (including phenoxy) is 1. The molecule has 0 spiro atoms. The zero-order chi connectivity index (χ0) is 31.3. The van der Waals surface area contributed by atoms with E-state index in [9.17, 15) is 4.79 Å². The number of likely N-dealkylation sites (N-methyl/N-ethyl adjacent to an activating group) is 1. The van der Waals surface area contributed by atoms with E-state index in [0.29, 0.717) is 42.1 Å². The zero-order valence-corrected chi connectivity index (χ0v) is 26.8. The van der Waals surface area contributed by atoms with E-state index in [1.54, 1.807) is 19.3 Å². The van der Waals surface area contributed by atoms with Crippen molar-refractivity contribution >= 4 is 33.7 Å². The third kappa shape index (κ3) is 5.03. The smallest absolute Gasteiger partial charge is 0.246 e. The molecular formula is C34H42FN7O2. The Morgan fingerprint density at radius 3 is 2.55 bits per heavy atom. The average Bonchev–Trinajstić information content (AvgIpc) is 3.43. The molecule has 0 radical (unpaired) electrons. The molecule has 2 aliphatic heterocycles. The summed E-state index contributed by atoms with van der Waals surface area (Å²) in [7, 11) is 5.77. The first-order valence-electron chi connectivity index (χ1n) is 15.3. The van der Waals surface area contributed by atoms with Gasteiger partial charge in [0.05, 0.1) is 18.2 Å². The molecule has 0 aliphatic carbocycles. The minimum atomic E-state index is -0.316. The molecule has 44 heavy (non-hydrogen) atoms. The van der Waals surface area contributed by atoms with E-state index < -0.39 is 0 Å². The number of amides is 1. The van der Waals surface area contributed by atoms with Gasteiger partial charge in [0, 0.05) is 50.3 Å². The van der Waals surface area contributed by atoms with Gasteiger partial charge in [-0.2, -0.15) is 0 Å². The molecule has 4 aromatic rings. The van der Waals surface area contributed by atoms with Crippen molar-refractivity contribution in [2.75, 3.05) is 58.9 Å². The molecule has 0 atom stereocenters. The lowest BCUT2D eigenvalue weighted by atomic mass is 9.90. The second-order valence-electron chi connectivity index (χ2n) is 12.9. The number of carbonyl (C=O) groups is 1. The van der Waals surface area contributed by atoms with Crippen molar-refractivity contribution in [1.29, 1.82) is 0 Å². The fourth-order valence-corrected chi connectivity index (χ4v) is 6.63. The largest absolute Gasteiger partial charge is 0.381 e. The van der Waals surface area contributed by atoms with Crippen LogP contribution in [0.4, 0.5) is 10.2 Å². The maximum atomic E-state index is 16.8. The Labute approximate surface area is 258 Å². The first kappa shape index (κ1) is 30.1. The molecule has 2 saturated heterocycles. The quantitative estimate of drug-likeness (QED) is 0.270. The van der Waals surface area contributed by atoms with Crippen molar-refractivity contribution in [1.82, 2.24) is 29.8 Å². The van der Waals surface area contributed by atoms with Crippen LogP contribution in [0.3, 0.4) is 0 Å². The van der Waals surface area contributed by atoms with Crippen LogP contribution >= 0.6 is 0 Å². The molecule has 9 nitrogen and oxygen atoms in total. The first-order valence-corrected chi connectivity index (χ1v) is 15.3. The lowest BCUT2D eigenvalue weighted by Crippen LogP contribution is -2.67. The molecule has 0 unspecified atom stereocenters. The van der Waals surface area contributed by atoms with E-state index in [0.717, 1.165) is 59.1 Å². The van der Waals surface area contributed by atoms with Gasteiger partial charge in [0.15, 0.2) is 17.2 Å². The maximum absolute atomic E-state index is 16.8. The third-order valence-electron chi connectivity index (χ3n) is 9.78.